The fourth-order valence-corrected chi connectivity index (χ4v) is 2.07. The van der Waals surface area contributed by atoms with Gasteiger partial charge in [-0.15, -0.1) is 10.2 Å². The molecule has 100 valence electrons. The minimum Gasteiger partial charge on any atom is -0.480 e. The first-order chi connectivity index (χ1) is 8.65. The lowest BCUT2D eigenvalue weighted by Crippen LogP contribution is -2.37. The molecule has 0 saturated carbocycles. The largest absolute Gasteiger partial charge is 0.480 e. The number of hydrogen-bond acceptors (Lipinski definition) is 5. The molecule has 7 heteroatoms. The van der Waals surface area contributed by atoms with Crippen LogP contribution in [0.5, 0.6) is 0 Å². The summed E-state index contributed by atoms with van der Waals surface area (Å²) in [6.07, 6.45) is 3.49. The fraction of sp³-hybridized carbons (Fsp3) is 0.727. The van der Waals surface area contributed by atoms with Crippen LogP contribution in [0.1, 0.15) is 18.7 Å². The van der Waals surface area contributed by atoms with Gasteiger partial charge in [0.15, 0.2) is 0 Å². The maximum atomic E-state index is 10.4. The van der Waals surface area contributed by atoms with Gasteiger partial charge >= 0.3 is 5.97 Å². The highest BCUT2D eigenvalue weighted by molar-refractivity contribution is 5.68. The van der Waals surface area contributed by atoms with E-state index in [2.05, 4.69) is 15.1 Å². The summed E-state index contributed by atoms with van der Waals surface area (Å²) in [5.41, 5.74) is 0. The van der Waals surface area contributed by atoms with Gasteiger partial charge in [-0.05, 0) is 12.8 Å². The lowest BCUT2D eigenvalue weighted by Gasteiger charge is -2.31. The van der Waals surface area contributed by atoms with Crippen LogP contribution >= 0.6 is 0 Å². The summed E-state index contributed by atoms with van der Waals surface area (Å²) in [6, 6.07) is 0. The summed E-state index contributed by atoms with van der Waals surface area (Å²) in [7, 11) is 1.93. The van der Waals surface area contributed by atoms with E-state index in [4.69, 9.17) is 9.84 Å². The number of carboxylic acids is 1. The molecule has 0 unspecified atom stereocenters. The van der Waals surface area contributed by atoms with Crippen molar-refractivity contribution in [2.24, 2.45) is 7.05 Å². The summed E-state index contributed by atoms with van der Waals surface area (Å²) in [6.45, 7) is 2.38. The van der Waals surface area contributed by atoms with Crippen molar-refractivity contribution >= 4 is 5.97 Å². The number of aromatic nitrogens is 3. The first-order valence-corrected chi connectivity index (χ1v) is 6.04. The number of carboxylic acid groups (broad SMARTS) is 1. The van der Waals surface area contributed by atoms with Gasteiger partial charge in [0, 0.05) is 20.1 Å². The van der Waals surface area contributed by atoms with Gasteiger partial charge in [0.25, 0.3) is 0 Å². The predicted octanol–water partition coefficient (Wildman–Crippen LogP) is -0.119. The summed E-state index contributed by atoms with van der Waals surface area (Å²) in [5.74, 6) is 0.0384. The highest BCUT2D eigenvalue weighted by Crippen LogP contribution is 2.15. The van der Waals surface area contributed by atoms with E-state index in [1.54, 1.807) is 6.33 Å². The molecule has 0 atom stereocenters. The molecule has 1 aliphatic heterocycles. The third kappa shape index (κ3) is 3.51. The van der Waals surface area contributed by atoms with Gasteiger partial charge in [0.05, 0.1) is 12.6 Å². The number of rotatable bonds is 5. The van der Waals surface area contributed by atoms with Gasteiger partial charge in [-0.3, -0.25) is 4.90 Å². The maximum Gasteiger partial charge on any atom is 0.329 e. The number of nitrogens with zero attached hydrogens (tertiary/aromatic N) is 4. The Morgan fingerprint density at radius 3 is 2.83 bits per heavy atom. The number of piperidine rings is 1. The highest BCUT2D eigenvalue weighted by Gasteiger charge is 2.21. The van der Waals surface area contributed by atoms with Gasteiger partial charge in [-0.1, -0.05) is 0 Å². The van der Waals surface area contributed by atoms with Crippen LogP contribution in [0, 0.1) is 0 Å². The van der Waals surface area contributed by atoms with E-state index >= 15 is 0 Å². The van der Waals surface area contributed by atoms with E-state index < -0.39 is 5.97 Å². The van der Waals surface area contributed by atoms with E-state index in [1.165, 1.54) is 0 Å². The van der Waals surface area contributed by atoms with Crippen LogP contribution in [0.4, 0.5) is 0 Å². The average Bonchev–Trinajstić information content (AvgIpc) is 2.74. The maximum absolute atomic E-state index is 10.4. The molecule has 0 amide bonds. The van der Waals surface area contributed by atoms with Crippen molar-refractivity contribution in [2.75, 3.05) is 19.7 Å². The zero-order valence-corrected chi connectivity index (χ0v) is 10.4. The smallest absolute Gasteiger partial charge is 0.329 e. The molecule has 1 saturated heterocycles. The Balaban J connectivity index is 1.73. The summed E-state index contributed by atoms with van der Waals surface area (Å²) >= 11 is 0. The van der Waals surface area contributed by atoms with Gasteiger partial charge in [0.2, 0.25) is 0 Å². The number of aliphatic carboxylic acids is 1. The molecule has 7 nitrogen and oxygen atoms in total. The molecule has 0 aromatic carbocycles. The van der Waals surface area contributed by atoms with Crippen LogP contribution in [0.2, 0.25) is 0 Å². The number of hydrogen-bond donors (Lipinski definition) is 1. The molecule has 18 heavy (non-hydrogen) atoms. The predicted molar refractivity (Wildman–Crippen MR) is 62.9 cm³/mol. The fourth-order valence-electron chi connectivity index (χ4n) is 2.07. The number of carbonyl (C=O) groups is 1. The van der Waals surface area contributed by atoms with E-state index in [9.17, 15) is 4.79 Å². The van der Waals surface area contributed by atoms with Crippen molar-refractivity contribution in [1.29, 1.82) is 0 Å². The van der Waals surface area contributed by atoms with Crippen molar-refractivity contribution in [3.63, 3.8) is 0 Å². The Morgan fingerprint density at radius 1 is 1.56 bits per heavy atom. The average molecular weight is 254 g/mol. The second-order valence-electron chi connectivity index (χ2n) is 4.54. The molecule has 0 aliphatic carbocycles. The number of likely N-dealkylation sites (tertiary alicyclic amines) is 1. The molecular formula is C11H18N4O3. The van der Waals surface area contributed by atoms with Crippen molar-refractivity contribution in [3.8, 4) is 0 Å². The molecule has 0 spiro atoms. The summed E-state index contributed by atoms with van der Waals surface area (Å²) < 4.78 is 7.20. The monoisotopic (exact) mass is 254 g/mol. The summed E-state index contributed by atoms with van der Waals surface area (Å²) in [5, 5.41) is 16.4. The van der Waals surface area contributed by atoms with Crippen LogP contribution < -0.4 is 0 Å². The number of ether oxygens (including phenoxy) is 1. The van der Waals surface area contributed by atoms with Gasteiger partial charge in [-0.2, -0.15) is 0 Å². The molecular weight excluding hydrogens is 236 g/mol. The topological polar surface area (TPSA) is 80.5 Å². The zero-order chi connectivity index (χ0) is 13.0. The molecule has 1 aromatic heterocycles. The van der Waals surface area contributed by atoms with Gasteiger partial charge in [0.1, 0.15) is 18.8 Å². The molecule has 1 N–H and O–H groups in total. The van der Waals surface area contributed by atoms with Crippen LogP contribution in [-0.4, -0.2) is 56.5 Å². The van der Waals surface area contributed by atoms with E-state index in [1.807, 2.05) is 11.6 Å². The molecule has 1 fully saturated rings. The molecule has 1 aromatic rings. The number of aryl methyl sites for hydroxylation is 1. The minimum atomic E-state index is -0.906. The van der Waals surface area contributed by atoms with Crippen LogP contribution in [0.25, 0.3) is 0 Å². The Kier molecular flexibility index (Phi) is 4.27. The molecule has 1 aliphatic rings. The normalized spacial score (nSPS) is 18.1. The van der Waals surface area contributed by atoms with Gasteiger partial charge < -0.3 is 14.4 Å². The molecule has 0 bridgehead atoms. The lowest BCUT2D eigenvalue weighted by molar-refractivity contribution is -0.145. The molecule has 2 heterocycles. The van der Waals surface area contributed by atoms with Crippen molar-refractivity contribution in [3.05, 3.63) is 12.2 Å². The first-order valence-electron chi connectivity index (χ1n) is 6.04. The third-order valence-electron chi connectivity index (χ3n) is 3.15. The Labute approximate surface area is 105 Å². The summed E-state index contributed by atoms with van der Waals surface area (Å²) in [4.78, 5) is 12.7. The lowest BCUT2D eigenvalue weighted by atomic mass is 10.1. The van der Waals surface area contributed by atoms with Crippen molar-refractivity contribution < 1.29 is 14.6 Å². The van der Waals surface area contributed by atoms with Crippen molar-refractivity contribution in [2.45, 2.75) is 25.5 Å². The Hall–Kier alpha value is -1.47. The Morgan fingerprint density at radius 2 is 2.28 bits per heavy atom. The van der Waals surface area contributed by atoms with Crippen LogP contribution in [0.15, 0.2) is 6.33 Å². The molecule has 0 radical (unpaired) electrons. The van der Waals surface area contributed by atoms with Crippen molar-refractivity contribution in [1.82, 2.24) is 19.7 Å². The highest BCUT2D eigenvalue weighted by atomic mass is 16.5. The van der Waals surface area contributed by atoms with Crippen LogP contribution in [-0.2, 0) is 23.1 Å². The first kappa shape index (κ1) is 13.0. The zero-order valence-electron chi connectivity index (χ0n) is 10.4. The van der Waals surface area contributed by atoms with E-state index in [0.29, 0.717) is 0 Å². The van der Waals surface area contributed by atoms with Crippen LogP contribution in [0.3, 0.4) is 0 Å². The minimum absolute atomic E-state index is 0.0665. The Bertz CT molecular complexity index is 399. The second-order valence-corrected chi connectivity index (χ2v) is 4.54. The third-order valence-corrected chi connectivity index (χ3v) is 3.15. The van der Waals surface area contributed by atoms with Gasteiger partial charge in [-0.25, -0.2) is 4.79 Å². The SMILES string of the molecule is Cn1cnnc1CN1CCC(OCC(=O)O)CC1. The van der Waals surface area contributed by atoms with E-state index in [0.717, 1.165) is 38.3 Å². The quantitative estimate of drug-likeness (QED) is 0.789. The molecule has 2 rings (SSSR count). The van der Waals surface area contributed by atoms with E-state index in [-0.39, 0.29) is 12.7 Å². The second kappa shape index (κ2) is 5.92. The standard InChI is InChI=1S/C11H18N4O3/c1-14-8-12-13-10(14)6-15-4-2-9(3-5-15)18-7-11(16)17/h8-9H,2-7H2,1H3,(H,16,17).